The molecule has 0 amide bonds. The lowest BCUT2D eigenvalue weighted by Crippen LogP contribution is -2.36. The summed E-state index contributed by atoms with van der Waals surface area (Å²) in [6, 6.07) is 8.45. The maximum absolute atomic E-state index is 5.58. The van der Waals surface area contributed by atoms with Crippen molar-refractivity contribution in [2.45, 2.75) is 13.1 Å². The molecule has 6 rings (SSSR count). The van der Waals surface area contributed by atoms with Crippen LogP contribution in [-0.2, 0) is 17.8 Å². The first-order chi connectivity index (χ1) is 15.3. The number of imidazole rings is 1. The second kappa shape index (κ2) is 7.75. The summed E-state index contributed by atoms with van der Waals surface area (Å²) in [5.74, 6) is 1.74. The van der Waals surface area contributed by atoms with E-state index in [1.165, 1.54) is 10.4 Å². The number of hydrogen-bond acceptors (Lipinski definition) is 8. The Labute approximate surface area is 183 Å². The molecule has 31 heavy (non-hydrogen) atoms. The van der Waals surface area contributed by atoms with E-state index < -0.39 is 0 Å². The Kier molecular flexibility index (Phi) is 4.62. The van der Waals surface area contributed by atoms with E-state index in [1.54, 1.807) is 17.5 Å². The van der Waals surface area contributed by atoms with Gasteiger partial charge in [0.1, 0.15) is 0 Å². The van der Waals surface area contributed by atoms with Crippen LogP contribution in [0.2, 0.25) is 0 Å². The van der Waals surface area contributed by atoms with Crippen molar-refractivity contribution in [2.24, 2.45) is 5.10 Å². The molecule has 2 aliphatic rings. The number of anilines is 1. The topological polar surface area (TPSA) is 80.5 Å². The molecule has 5 heterocycles. The Morgan fingerprint density at radius 3 is 2.97 bits per heavy atom. The smallest absolute Gasteiger partial charge is 0.162 e. The minimum absolute atomic E-state index is 0.714. The van der Waals surface area contributed by atoms with Crippen LogP contribution in [0, 0.1) is 0 Å². The van der Waals surface area contributed by atoms with Crippen LogP contribution in [-0.4, -0.2) is 52.0 Å². The zero-order chi connectivity index (χ0) is 20.6. The molecule has 1 fully saturated rings. The molecule has 156 valence electrons. The molecule has 8 nitrogen and oxygen atoms in total. The third kappa shape index (κ3) is 3.45. The molecule has 0 atom stereocenters. The van der Waals surface area contributed by atoms with Crippen molar-refractivity contribution < 1.29 is 4.74 Å². The lowest BCUT2D eigenvalue weighted by molar-refractivity contribution is 0.122. The van der Waals surface area contributed by atoms with Gasteiger partial charge in [0.25, 0.3) is 0 Å². The van der Waals surface area contributed by atoms with Gasteiger partial charge in [0.2, 0.25) is 0 Å². The summed E-state index contributed by atoms with van der Waals surface area (Å²) in [5, 5.41) is 4.26. The van der Waals surface area contributed by atoms with Crippen LogP contribution >= 0.6 is 11.3 Å². The van der Waals surface area contributed by atoms with E-state index in [2.05, 4.69) is 49.2 Å². The Hall–Kier alpha value is -3.30. The highest BCUT2D eigenvalue weighted by atomic mass is 32.1. The number of hydrazone groups is 1. The lowest BCUT2D eigenvalue weighted by Gasteiger charge is -2.28. The average Bonchev–Trinajstić information content (AvgIpc) is 3.48. The highest BCUT2D eigenvalue weighted by Gasteiger charge is 2.22. The minimum atomic E-state index is 0.714. The number of benzene rings is 1. The highest BCUT2D eigenvalue weighted by molar-refractivity contribution is 7.19. The van der Waals surface area contributed by atoms with Gasteiger partial charge in [-0.15, -0.1) is 11.3 Å². The van der Waals surface area contributed by atoms with Crippen LogP contribution in [0.4, 0.5) is 5.82 Å². The number of rotatable bonds is 4. The second-order valence-corrected chi connectivity index (χ2v) is 8.74. The third-order valence-corrected chi connectivity index (χ3v) is 6.71. The van der Waals surface area contributed by atoms with Crippen molar-refractivity contribution in [1.29, 1.82) is 0 Å². The molecular formula is C22H21N7OS. The predicted molar refractivity (Wildman–Crippen MR) is 122 cm³/mol. The van der Waals surface area contributed by atoms with Gasteiger partial charge in [-0.2, -0.15) is 5.10 Å². The number of nitrogens with zero attached hydrogens (tertiary/aromatic N) is 6. The van der Waals surface area contributed by atoms with E-state index in [-0.39, 0.29) is 0 Å². The normalized spacial score (nSPS) is 15.8. The zero-order valence-electron chi connectivity index (χ0n) is 16.9. The van der Waals surface area contributed by atoms with E-state index in [4.69, 9.17) is 14.7 Å². The van der Waals surface area contributed by atoms with Crippen LogP contribution in [0.15, 0.2) is 48.1 Å². The highest BCUT2D eigenvalue weighted by Crippen LogP contribution is 2.35. The van der Waals surface area contributed by atoms with Crippen molar-refractivity contribution in [3.63, 3.8) is 0 Å². The molecule has 1 aromatic carbocycles. The van der Waals surface area contributed by atoms with Gasteiger partial charge in [-0.1, -0.05) is 18.2 Å². The minimum Gasteiger partial charge on any atom is -0.378 e. The van der Waals surface area contributed by atoms with E-state index in [0.29, 0.717) is 19.8 Å². The standard InChI is InChI=1S/C22H21N7OS/c1-2-15-11-24-25-12-18(15)17(3-1)21-26-19-10-16(13-28-5-4-23-14-28)31-20(19)22(27-21)29-6-8-30-9-7-29/h1-5,10,12,14,24H,6-9,11,13H2. The number of ether oxygens (including phenoxy) is 1. The first-order valence-electron chi connectivity index (χ1n) is 10.3. The molecule has 9 heteroatoms. The molecular weight excluding hydrogens is 410 g/mol. The number of hydrogen-bond donors (Lipinski definition) is 1. The Morgan fingerprint density at radius 2 is 2.10 bits per heavy atom. The van der Waals surface area contributed by atoms with Gasteiger partial charge < -0.3 is 19.6 Å². The molecule has 0 unspecified atom stereocenters. The number of aromatic nitrogens is 4. The Morgan fingerprint density at radius 1 is 1.16 bits per heavy atom. The van der Waals surface area contributed by atoms with Gasteiger partial charge >= 0.3 is 0 Å². The van der Waals surface area contributed by atoms with Crippen molar-refractivity contribution in [3.8, 4) is 11.4 Å². The molecule has 0 radical (unpaired) electrons. The molecule has 2 aliphatic heterocycles. The maximum Gasteiger partial charge on any atom is 0.162 e. The predicted octanol–water partition coefficient (Wildman–Crippen LogP) is 2.88. The van der Waals surface area contributed by atoms with Crippen molar-refractivity contribution in [2.75, 3.05) is 31.2 Å². The van der Waals surface area contributed by atoms with Gasteiger partial charge in [-0.25, -0.2) is 15.0 Å². The second-order valence-electron chi connectivity index (χ2n) is 7.60. The fourth-order valence-electron chi connectivity index (χ4n) is 4.07. The molecule has 0 saturated carbocycles. The third-order valence-electron chi connectivity index (χ3n) is 5.60. The Balaban J connectivity index is 1.50. The Bertz CT molecular complexity index is 1260. The summed E-state index contributed by atoms with van der Waals surface area (Å²) in [7, 11) is 0. The number of nitrogens with one attached hydrogen (secondary N) is 1. The SMILES string of the molecule is C1=NNCc2cccc(-c3nc(N4CCOCC4)c4sc(Cn5ccnc5)cc4n3)c21. The van der Waals surface area contributed by atoms with Crippen molar-refractivity contribution in [1.82, 2.24) is 24.9 Å². The summed E-state index contributed by atoms with van der Waals surface area (Å²) in [6.07, 6.45) is 7.50. The van der Waals surface area contributed by atoms with Crippen LogP contribution < -0.4 is 10.3 Å². The zero-order valence-corrected chi connectivity index (χ0v) is 17.7. The van der Waals surface area contributed by atoms with Gasteiger partial charge in [-0.3, -0.25) is 0 Å². The molecule has 1 saturated heterocycles. The van der Waals surface area contributed by atoms with E-state index in [9.17, 15) is 0 Å². The van der Waals surface area contributed by atoms with E-state index >= 15 is 0 Å². The summed E-state index contributed by atoms with van der Waals surface area (Å²) in [5.41, 5.74) is 7.32. The molecule has 0 aliphatic carbocycles. The van der Waals surface area contributed by atoms with E-state index in [1.807, 2.05) is 18.7 Å². The van der Waals surface area contributed by atoms with Crippen LogP contribution in [0.25, 0.3) is 21.6 Å². The van der Waals surface area contributed by atoms with Gasteiger partial charge in [0.15, 0.2) is 11.6 Å². The fourth-order valence-corrected chi connectivity index (χ4v) is 5.19. The summed E-state index contributed by atoms with van der Waals surface area (Å²) in [6.45, 7) is 4.58. The summed E-state index contributed by atoms with van der Waals surface area (Å²) in [4.78, 5) is 17.8. The van der Waals surface area contributed by atoms with Crippen LogP contribution in [0.3, 0.4) is 0 Å². The van der Waals surface area contributed by atoms with Crippen LogP contribution in [0.5, 0.6) is 0 Å². The largest absolute Gasteiger partial charge is 0.378 e. The van der Waals surface area contributed by atoms with E-state index in [0.717, 1.165) is 52.6 Å². The molecule has 0 spiro atoms. The first-order valence-corrected chi connectivity index (χ1v) is 11.1. The van der Waals surface area contributed by atoms with Crippen molar-refractivity contribution >= 4 is 33.6 Å². The average molecular weight is 432 g/mol. The summed E-state index contributed by atoms with van der Waals surface area (Å²) < 4.78 is 8.78. The van der Waals surface area contributed by atoms with Gasteiger partial charge in [-0.05, 0) is 11.6 Å². The quantitative estimate of drug-likeness (QED) is 0.535. The summed E-state index contributed by atoms with van der Waals surface area (Å²) >= 11 is 1.76. The maximum atomic E-state index is 5.58. The molecule has 1 N–H and O–H groups in total. The van der Waals surface area contributed by atoms with Crippen LogP contribution in [0.1, 0.15) is 16.0 Å². The number of fused-ring (bicyclic) bond motifs is 2. The molecule has 3 aromatic heterocycles. The van der Waals surface area contributed by atoms with Crippen molar-refractivity contribution in [3.05, 3.63) is 59.0 Å². The lowest BCUT2D eigenvalue weighted by atomic mass is 10.0. The number of morpholine rings is 1. The monoisotopic (exact) mass is 431 g/mol. The molecule has 0 bridgehead atoms. The fraction of sp³-hybridized carbons (Fsp3) is 0.273. The number of thiophene rings is 1. The van der Waals surface area contributed by atoms with Gasteiger partial charge in [0, 0.05) is 41.5 Å². The van der Waals surface area contributed by atoms with Gasteiger partial charge in [0.05, 0.1) is 49.1 Å². The first kappa shape index (κ1) is 18.5. The molecule has 4 aromatic rings.